The van der Waals surface area contributed by atoms with E-state index in [9.17, 15) is 18.5 Å². The van der Waals surface area contributed by atoms with Gasteiger partial charge in [-0.25, -0.2) is 13.1 Å². The number of rotatable bonds is 9. The molecular weight excluding hydrogens is 386 g/mol. The maximum atomic E-state index is 11.9. The second-order valence-corrected chi connectivity index (χ2v) is 7.86. The van der Waals surface area contributed by atoms with Crippen LogP contribution in [0, 0.1) is 10.1 Å². The Labute approximate surface area is 164 Å². The second kappa shape index (κ2) is 8.89. The summed E-state index contributed by atoms with van der Waals surface area (Å²) in [7, 11) is 2.32. The fraction of sp³-hybridized carbons (Fsp3) is 0.333. The van der Waals surface area contributed by atoms with Crippen molar-refractivity contribution in [3.8, 4) is 11.5 Å². The molecule has 0 aliphatic carbocycles. The Morgan fingerprint density at radius 1 is 1.11 bits per heavy atom. The Morgan fingerprint density at radius 3 is 2.36 bits per heavy atom. The van der Waals surface area contributed by atoms with Gasteiger partial charge >= 0.3 is 0 Å². The van der Waals surface area contributed by atoms with E-state index in [1.54, 1.807) is 32.2 Å². The largest absolute Gasteiger partial charge is 0.493 e. The van der Waals surface area contributed by atoms with Crippen LogP contribution in [0.3, 0.4) is 0 Å². The lowest BCUT2D eigenvalue weighted by Gasteiger charge is -2.20. The molecular formula is C18H23N3O6S. The predicted molar refractivity (Wildman–Crippen MR) is 106 cm³/mol. The van der Waals surface area contributed by atoms with Crippen molar-refractivity contribution in [3.63, 3.8) is 0 Å². The highest BCUT2D eigenvalue weighted by Gasteiger charge is 2.22. The van der Waals surface area contributed by atoms with E-state index in [4.69, 9.17) is 9.47 Å². The van der Waals surface area contributed by atoms with Gasteiger partial charge in [-0.2, -0.15) is 0 Å². The first kappa shape index (κ1) is 21.5. The minimum absolute atomic E-state index is 0.154. The molecule has 0 amide bonds. The molecule has 0 aliphatic rings. The maximum absolute atomic E-state index is 11.9. The van der Waals surface area contributed by atoms with E-state index in [1.165, 1.54) is 19.2 Å². The van der Waals surface area contributed by atoms with Gasteiger partial charge in [-0.1, -0.05) is 6.07 Å². The second-order valence-electron chi connectivity index (χ2n) is 5.98. The zero-order chi connectivity index (χ0) is 20.9. The molecule has 2 aromatic carbocycles. The van der Waals surface area contributed by atoms with Crippen molar-refractivity contribution < 1.29 is 22.8 Å². The Bertz CT molecular complexity index is 962. The van der Waals surface area contributed by atoms with Crippen molar-refractivity contribution in [1.29, 1.82) is 0 Å². The monoisotopic (exact) mass is 409 g/mol. The van der Waals surface area contributed by atoms with Gasteiger partial charge in [0, 0.05) is 19.7 Å². The molecule has 0 saturated carbocycles. The standard InChI is InChI=1S/C18H23N3O6S/c1-19-28(24,25)14-6-7-15(16(12-14)21(22)23)20(2)10-9-13-5-8-17(26-3)18(11-13)27-4/h5-8,11-12,19H,9-10H2,1-4H3. The highest BCUT2D eigenvalue weighted by molar-refractivity contribution is 7.89. The third kappa shape index (κ3) is 4.70. The molecule has 0 atom stereocenters. The zero-order valence-corrected chi connectivity index (χ0v) is 16.9. The van der Waals surface area contributed by atoms with Crippen molar-refractivity contribution in [2.75, 3.05) is 39.8 Å². The molecule has 0 saturated heterocycles. The van der Waals surface area contributed by atoms with Crippen LogP contribution in [0.15, 0.2) is 41.3 Å². The first-order valence-corrected chi connectivity index (χ1v) is 9.85. The molecule has 10 heteroatoms. The normalized spacial score (nSPS) is 11.1. The fourth-order valence-corrected chi connectivity index (χ4v) is 3.46. The van der Waals surface area contributed by atoms with Crippen LogP contribution in [-0.4, -0.2) is 48.2 Å². The molecule has 28 heavy (non-hydrogen) atoms. The van der Waals surface area contributed by atoms with Gasteiger partial charge in [-0.3, -0.25) is 10.1 Å². The molecule has 0 spiro atoms. The number of hydrogen-bond donors (Lipinski definition) is 1. The summed E-state index contributed by atoms with van der Waals surface area (Å²) >= 11 is 0. The van der Waals surface area contributed by atoms with E-state index >= 15 is 0 Å². The van der Waals surface area contributed by atoms with Gasteiger partial charge in [-0.05, 0) is 43.3 Å². The number of benzene rings is 2. The third-order valence-corrected chi connectivity index (χ3v) is 5.73. The van der Waals surface area contributed by atoms with Crippen LogP contribution in [0.2, 0.25) is 0 Å². The van der Waals surface area contributed by atoms with E-state index in [0.717, 1.165) is 11.6 Å². The van der Waals surface area contributed by atoms with Gasteiger partial charge in [0.1, 0.15) is 5.69 Å². The van der Waals surface area contributed by atoms with Crippen LogP contribution in [0.25, 0.3) is 0 Å². The van der Waals surface area contributed by atoms with E-state index in [0.29, 0.717) is 30.2 Å². The van der Waals surface area contributed by atoms with Crippen molar-refractivity contribution in [1.82, 2.24) is 4.72 Å². The fourth-order valence-electron chi connectivity index (χ4n) is 2.71. The summed E-state index contributed by atoms with van der Waals surface area (Å²) in [6, 6.07) is 9.40. The van der Waals surface area contributed by atoms with Crippen LogP contribution in [-0.2, 0) is 16.4 Å². The molecule has 1 N–H and O–H groups in total. The van der Waals surface area contributed by atoms with Crippen LogP contribution in [0.1, 0.15) is 5.56 Å². The molecule has 152 valence electrons. The Balaban J connectivity index is 2.24. The van der Waals surface area contributed by atoms with Gasteiger partial charge < -0.3 is 14.4 Å². The van der Waals surface area contributed by atoms with Gasteiger partial charge in [0.2, 0.25) is 10.0 Å². The molecule has 2 aromatic rings. The summed E-state index contributed by atoms with van der Waals surface area (Å²) in [6.07, 6.45) is 0.602. The van der Waals surface area contributed by atoms with Crippen LogP contribution in [0.5, 0.6) is 11.5 Å². The van der Waals surface area contributed by atoms with Gasteiger partial charge in [0.05, 0.1) is 24.0 Å². The quantitative estimate of drug-likeness (QED) is 0.499. The van der Waals surface area contributed by atoms with Crippen molar-refractivity contribution in [2.24, 2.45) is 0 Å². The minimum atomic E-state index is -3.76. The number of nitrogens with one attached hydrogen (secondary N) is 1. The minimum Gasteiger partial charge on any atom is -0.493 e. The molecule has 0 aliphatic heterocycles. The molecule has 0 fully saturated rings. The summed E-state index contributed by atoms with van der Waals surface area (Å²) in [6.45, 7) is 0.481. The molecule has 0 aromatic heterocycles. The van der Waals surface area contributed by atoms with Crippen LogP contribution < -0.4 is 19.1 Å². The Kier molecular flexibility index (Phi) is 6.81. The van der Waals surface area contributed by atoms with E-state index in [2.05, 4.69) is 4.72 Å². The first-order chi connectivity index (χ1) is 13.2. The number of nitro groups is 1. The molecule has 2 rings (SSSR count). The molecule has 0 heterocycles. The molecule has 0 bridgehead atoms. The van der Waals surface area contributed by atoms with E-state index in [1.807, 2.05) is 12.1 Å². The summed E-state index contributed by atoms with van der Waals surface area (Å²) in [5.74, 6) is 1.23. The van der Waals surface area contributed by atoms with Crippen LogP contribution >= 0.6 is 0 Å². The van der Waals surface area contributed by atoms with E-state index in [-0.39, 0.29) is 10.6 Å². The van der Waals surface area contributed by atoms with Crippen molar-refractivity contribution in [2.45, 2.75) is 11.3 Å². The number of ether oxygens (including phenoxy) is 2. The van der Waals surface area contributed by atoms with Crippen molar-refractivity contribution in [3.05, 3.63) is 52.1 Å². The number of anilines is 1. The summed E-state index contributed by atoms with van der Waals surface area (Å²) in [4.78, 5) is 12.4. The summed E-state index contributed by atoms with van der Waals surface area (Å²) in [5, 5.41) is 11.5. The Hall–Kier alpha value is -2.85. The third-order valence-electron chi connectivity index (χ3n) is 4.32. The number of likely N-dealkylation sites (N-methyl/N-ethyl adjacent to an activating group) is 1. The molecule has 9 nitrogen and oxygen atoms in total. The average Bonchev–Trinajstić information content (AvgIpc) is 2.71. The van der Waals surface area contributed by atoms with Gasteiger partial charge in [-0.15, -0.1) is 0 Å². The highest BCUT2D eigenvalue weighted by atomic mass is 32.2. The zero-order valence-electron chi connectivity index (χ0n) is 16.1. The lowest BCUT2D eigenvalue weighted by Crippen LogP contribution is -2.22. The van der Waals surface area contributed by atoms with Gasteiger partial charge in [0.15, 0.2) is 11.5 Å². The topological polar surface area (TPSA) is 111 Å². The SMILES string of the molecule is CNS(=O)(=O)c1ccc(N(C)CCc2ccc(OC)c(OC)c2)c([N+](=O)[O-])c1. The van der Waals surface area contributed by atoms with Gasteiger partial charge in [0.25, 0.3) is 5.69 Å². The maximum Gasteiger partial charge on any atom is 0.293 e. The Morgan fingerprint density at radius 2 is 1.79 bits per heavy atom. The lowest BCUT2D eigenvalue weighted by atomic mass is 10.1. The molecule has 0 radical (unpaired) electrons. The number of methoxy groups -OCH3 is 2. The highest BCUT2D eigenvalue weighted by Crippen LogP contribution is 2.31. The average molecular weight is 409 g/mol. The number of nitrogens with zero attached hydrogens (tertiary/aromatic N) is 2. The number of hydrogen-bond acceptors (Lipinski definition) is 7. The van der Waals surface area contributed by atoms with E-state index < -0.39 is 14.9 Å². The number of nitro benzene ring substituents is 1. The number of sulfonamides is 1. The summed E-state index contributed by atoms with van der Waals surface area (Å²) in [5.41, 5.74) is 1.04. The summed E-state index contributed by atoms with van der Waals surface area (Å²) < 4.78 is 36.5. The van der Waals surface area contributed by atoms with Crippen molar-refractivity contribution >= 4 is 21.4 Å². The first-order valence-electron chi connectivity index (χ1n) is 8.37. The lowest BCUT2D eigenvalue weighted by molar-refractivity contribution is -0.384. The molecule has 0 unspecified atom stereocenters. The predicted octanol–water partition coefficient (Wildman–Crippen LogP) is 2.20. The smallest absolute Gasteiger partial charge is 0.293 e. The van der Waals surface area contributed by atoms with Crippen LogP contribution in [0.4, 0.5) is 11.4 Å².